The average Bonchev–Trinajstić information content (AvgIpc) is 4.03. The number of rotatable bonds is 4. The zero-order valence-corrected chi connectivity index (χ0v) is 32.1. The van der Waals surface area contributed by atoms with Gasteiger partial charge in [-0.2, -0.15) is 0 Å². The van der Waals surface area contributed by atoms with E-state index in [1.54, 1.807) is 0 Å². The molecule has 4 heterocycles. The lowest BCUT2D eigenvalue weighted by atomic mass is 10.00. The van der Waals surface area contributed by atoms with Crippen molar-refractivity contribution < 1.29 is 0 Å². The zero-order valence-electron chi connectivity index (χ0n) is 31.3. The van der Waals surface area contributed by atoms with Crippen LogP contribution in [0.5, 0.6) is 0 Å². The summed E-state index contributed by atoms with van der Waals surface area (Å²) in [6.45, 7) is 0. The molecule has 0 saturated carbocycles. The molecule has 0 unspecified atom stereocenters. The molecule has 0 amide bonds. The lowest BCUT2D eigenvalue weighted by Crippen LogP contribution is -1.94. The van der Waals surface area contributed by atoms with Gasteiger partial charge in [0.1, 0.15) is 0 Å². The second-order valence-corrected chi connectivity index (χ2v) is 16.4. The molecule has 0 bridgehead atoms. The summed E-state index contributed by atoms with van der Waals surface area (Å²) in [5.74, 6) is 0. The van der Waals surface area contributed by atoms with Crippen LogP contribution in [0.3, 0.4) is 0 Å². The third-order valence-electron chi connectivity index (χ3n) is 12.2. The lowest BCUT2D eigenvalue weighted by molar-refractivity contribution is 1.18. The van der Waals surface area contributed by atoms with E-state index in [0.717, 1.165) is 5.69 Å². The van der Waals surface area contributed by atoms with Crippen molar-refractivity contribution in [2.45, 2.75) is 0 Å². The number of thiophene rings is 1. The topological polar surface area (TPSA) is 14.8 Å². The Morgan fingerprint density at radius 3 is 1.38 bits per heavy atom. The Morgan fingerprint density at radius 2 is 0.724 bits per heavy atom. The second kappa shape index (κ2) is 12.1. The first-order valence-corrected chi connectivity index (χ1v) is 20.7. The lowest BCUT2D eigenvalue weighted by Gasteiger charge is -2.10. The molecule has 0 aliphatic heterocycles. The van der Waals surface area contributed by atoms with Crippen molar-refractivity contribution >= 4 is 96.9 Å². The van der Waals surface area contributed by atoms with Gasteiger partial charge in [-0.25, -0.2) is 0 Å². The van der Waals surface area contributed by atoms with Crippen LogP contribution < -0.4 is 0 Å². The fourth-order valence-corrected chi connectivity index (χ4v) is 10.9. The van der Waals surface area contributed by atoms with Crippen molar-refractivity contribution in [2.24, 2.45) is 0 Å². The van der Waals surface area contributed by atoms with Gasteiger partial charge >= 0.3 is 0 Å². The zero-order chi connectivity index (χ0) is 37.9. The van der Waals surface area contributed by atoms with Crippen LogP contribution in [0.15, 0.2) is 200 Å². The summed E-state index contributed by atoms with van der Waals surface area (Å²) in [5, 5.41) is 10.3. The van der Waals surface area contributed by atoms with E-state index in [1.165, 1.54) is 108 Å². The van der Waals surface area contributed by atoms with Gasteiger partial charge in [0.15, 0.2) is 0 Å². The highest BCUT2D eigenvalue weighted by Gasteiger charge is 2.23. The summed E-state index contributed by atoms with van der Waals surface area (Å²) in [6, 6.07) is 73.5. The number of hydrogen-bond acceptors (Lipinski definition) is 1. The molecule has 9 aromatic carbocycles. The van der Waals surface area contributed by atoms with Crippen molar-refractivity contribution in [1.82, 2.24) is 13.7 Å². The average molecular weight is 756 g/mol. The first kappa shape index (κ1) is 31.8. The molecule has 0 spiro atoms. The summed E-state index contributed by atoms with van der Waals surface area (Å²) in [5.41, 5.74) is 13.3. The standard InChI is InChI=1S/C54H33N3S/c1-4-14-36(15-5-1)55-44-22-12-10-20-39(44)42-32-34(24-27-46(42)55)35-25-28-47-43(33-35)40-26-30-50-53(54(40)57(47)38-18-8-3-9-19-38)52-49(58-50)31-29-48-51(52)41-21-11-13-23-45(41)56(48)37-16-6-2-7-17-37/h1-33H. The van der Waals surface area contributed by atoms with Crippen LogP contribution in [0.4, 0.5) is 0 Å². The van der Waals surface area contributed by atoms with Gasteiger partial charge in [0.25, 0.3) is 0 Å². The molecule has 13 rings (SSSR count). The fourth-order valence-electron chi connectivity index (χ4n) is 9.80. The van der Waals surface area contributed by atoms with Gasteiger partial charge in [-0.05, 0) is 102 Å². The largest absolute Gasteiger partial charge is 0.309 e. The van der Waals surface area contributed by atoms with Gasteiger partial charge < -0.3 is 13.7 Å². The molecule has 58 heavy (non-hydrogen) atoms. The Morgan fingerprint density at radius 1 is 0.276 bits per heavy atom. The van der Waals surface area contributed by atoms with Crippen molar-refractivity contribution in [2.75, 3.05) is 0 Å². The molecule has 0 radical (unpaired) electrons. The number of benzene rings is 9. The molecule has 270 valence electrons. The summed E-state index contributed by atoms with van der Waals surface area (Å²) in [6.07, 6.45) is 0. The highest BCUT2D eigenvalue weighted by atomic mass is 32.1. The van der Waals surface area contributed by atoms with Crippen molar-refractivity contribution in [3.8, 4) is 28.2 Å². The van der Waals surface area contributed by atoms with E-state index >= 15 is 0 Å². The molecule has 0 fully saturated rings. The second-order valence-electron chi connectivity index (χ2n) is 15.3. The molecule has 3 nitrogen and oxygen atoms in total. The molecule has 13 aromatic rings. The van der Waals surface area contributed by atoms with Crippen LogP contribution in [0.2, 0.25) is 0 Å². The third kappa shape index (κ3) is 4.38. The fraction of sp³-hybridized carbons (Fsp3) is 0. The maximum absolute atomic E-state index is 2.51. The minimum Gasteiger partial charge on any atom is -0.309 e. The summed E-state index contributed by atoms with van der Waals surface area (Å²) >= 11 is 1.90. The van der Waals surface area contributed by atoms with Crippen LogP contribution in [0.25, 0.3) is 114 Å². The van der Waals surface area contributed by atoms with Gasteiger partial charge in [-0.3, -0.25) is 0 Å². The SMILES string of the molecule is c1ccc(-n2c3ccccc3c3cc(-c4ccc5c(c4)c4ccc6sc7ccc8c(c9ccccc9n8-c8ccccc8)c7c6c4n5-c4ccccc4)ccc32)cc1. The predicted octanol–water partition coefficient (Wildman–Crippen LogP) is 15.0. The first-order chi connectivity index (χ1) is 28.8. The summed E-state index contributed by atoms with van der Waals surface area (Å²) in [4.78, 5) is 0. The van der Waals surface area contributed by atoms with Gasteiger partial charge in [0, 0.05) is 69.6 Å². The summed E-state index contributed by atoms with van der Waals surface area (Å²) in [7, 11) is 0. The number of para-hydroxylation sites is 5. The van der Waals surface area contributed by atoms with Crippen LogP contribution in [-0.2, 0) is 0 Å². The number of fused-ring (bicyclic) bond motifs is 14. The molecular weight excluding hydrogens is 723 g/mol. The summed E-state index contributed by atoms with van der Waals surface area (Å²) < 4.78 is 9.93. The molecule has 0 atom stereocenters. The Balaban J connectivity index is 1.11. The molecule has 4 heteroatoms. The van der Waals surface area contributed by atoms with Crippen molar-refractivity contribution in [3.05, 3.63) is 200 Å². The monoisotopic (exact) mass is 755 g/mol. The minimum atomic E-state index is 1.16. The van der Waals surface area contributed by atoms with Crippen LogP contribution in [0, 0.1) is 0 Å². The Hall–Kier alpha value is -7.40. The van der Waals surface area contributed by atoms with Gasteiger partial charge in [0.2, 0.25) is 0 Å². The maximum Gasteiger partial charge on any atom is 0.0634 e. The van der Waals surface area contributed by atoms with Gasteiger partial charge in [-0.15, -0.1) is 11.3 Å². The predicted molar refractivity (Wildman–Crippen MR) is 248 cm³/mol. The Kier molecular flexibility index (Phi) is 6.60. The van der Waals surface area contributed by atoms with Crippen LogP contribution in [-0.4, -0.2) is 13.7 Å². The first-order valence-electron chi connectivity index (χ1n) is 19.9. The van der Waals surface area contributed by atoms with E-state index < -0.39 is 0 Å². The van der Waals surface area contributed by atoms with E-state index in [-0.39, 0.29) is 0 Å². The highest BCUT2D eigenvalue weighted by Crippen LogP contribution is 2.48. The van der Waals surface area contributed by atoms with E-state index in [4.69, 9.17) is 0 Å². The molecule has 0 aliphatic carbocycles. The molecule has 0 N–H and O–H groups in total. The van der Waals surface area contributed by atoms with Crippen molar-refractivity contribution in [3.63, 3.8) is 0 Å². The van der Waals surface area contributed by atoms with Gasteiger partial charge in [-0.1, -0.05) is 109 Å². The van der Waals surface area contributed by atoms with E-state index in [2.05, 4.69) is 214 Å². The molecule has 0 aliphatic rings. The Bertz CT molecular complexity index is 3770. The minimum absolute atomic E-state index is 1.16. The number of aromatic nitrogens is 3. The highest BCUT2D eigenvalue weighted by molar-refractivity contribution is 7.26. The van der Waals surface area contributed by atoms with E-state index in [9.17, 15) is 0 Å². The number of nitrogens with zero attached hydrogens (tertiary/aromatic N) is 3. The normalized spacial score (nSPS) is 12.1. The maximum atomic E-state index is 2.51. The molecule has 4 aromatic heterocycles. The van der Waals surface area contributed by atoms with Crippen LogP contribution >= 0.6 is 11.3 Å². The Labute approximate surface area is 337 Å². The molecule has 0 saturated heterocycles. The quantitative estimate of drug-likeness (QED) is 0.170. The number of hydrogen-bond donors (Lipinski definition) is 0. The van der Waals surface area contributed by atoms with E-state index in [1.807, 2.05) is 11.3 Å². The smallest absolute Gasteiger partial charge is 0.0634 e. The van der Waals surface area contributed by atoms with Gasteiger partial charge in [0.05, 0.1) is 33.1 Å². The van der Waals surface area contributed by atoms with E-state index in [0.29, 0.717) is 0 Å². The van der Waals surface area contributed by atoms with Crippen molar-refractivity contribution in [1.29, 1.82) is 0 Å². The van der Waals surface area contributed by atoms with Crippen LogP contribution in [0.1, 0.15) is 0 Å². The molecular formula is C54H33N3S. The third-order valence-corrected chi connectivity index (χ3v) is 13.3.